The van der Waals surface area contributed by atoms with Gasteiger partial charge in [-0.25, -0.2) is 4.79 Å². The summed E-state index contributed by atoms with van der Waals surface area (Å²) in [6.45, 7) is 0.749. The largest absolute Gasteiger partial charge is 0.477 e. The van der Waals surface area contributed by atoms with Gasteiger partial charge in [-0.15, -0.1) is 0 Å². The number of ether oxygens (including phenoxy) is 4. The summed E-state index contributed by atoms with van der Waals surface area (Å²) >= 11 is 0. The first-order chi connectivity index (χ1) is 14.3. The minimum absolute atomic E-state index is 0.00156. The summed E-state index contributed by atoms with van der Waals surface area (Å²) in [7, 11) is 1.15. The molecule has 0 saturated heterocycles. The minimum Gasteiger partial charge on any atom is -0.477 e. The normalized spacial score (nSPS) is 11.5. The second kappa shape index (κ2) is 8.47. The van der Waals surface area contributed by atoms with Gasteiger partial charge in [-0.2, -0.15) is 0 Å². The lowest BCUT2D eigenvalue weighted by molar-refractivity contribution is -0.385. The van der Waals surface area contributed by atoms with Crippen molar-refractivity contribution in [3.8, 4) is 17.2 Å². The zero-order chi connectivity index (χ0) is 21.8. The maximum absolute atomic E-state index is 12.3. The predicted octanol–water partition coefficient (Wildman–Crippen LogP) is 2.33. The number of amides is 1. The van der Waals surface area contributed by atoms with Gasteiger partial charge >= 0.3 is 11.7 Å². The Morgan fingerprint density at radius 2 is 1.87 bits per heavy atom. The number of esters is 1. The Kier molecular flexibility index (Phi) is 5.81. The molecule has 0 fully saturated rings. The maximum atomic E-state index is 12.3. The number of hydrogen-bond donors (Lipinski definition) is 1. The van der Waals surface area contributed by atoms with Gasteiger partial charge in [0.1, 0.15) is 0 Å². The Labute approximate surface area is 169 Å². The van der Waals surface area contributed by atoms with Crippen LogP contribution in [0.1, 0.15) is 27.6 Å². The number of carbonyl (C=O) groups excluding carboxylic acids is 3. The molecule has 3 rings (SSSR count). The molecular weight excluding hydrogens is 400 g/mol. The van der Waals surface area contributed by atoms with Crippen LogP contribution in [0.5, 0.6) is 17.2 Å². The molecule has 0 spiro atoms. The van der Waals surface area contributed by atoms with Crippen molar-refractivity contribution in [3.63, 3.8) is 0 Å². The number of nitrogens with one attached hydrogen (secondary N) is 1. The lowest BCUT2D eigenvalue weighted by Crippen LogP contribution is -2.21. The summed E-state index contributed by atoms with van der Waals surface area (Å²) < 4.78 is 20.2. The van der Waals surface area contributed by atoms with E-state index < -0.39 is 29.1 Å². The summed E-state index contributed by atoms with van der Waals surface area (Å²) in [6, 6.07) is 6.36. The molecule has 156 valence electrons. The van der Waals surface area contributed by atoms with E-state index in [-0.39, 0.29) is 35.1 Å². The Morgan fingerprint density at radius 3 is 2.50 bits per heavy atom. The number of hydrogen-bond acceptors (Lipinski definition) is 9. The molecule has 0 atom stereocenters. The van der Waals surface area contributed by atoms with E-state index in [2.05, 4.69) is 10.1 Å². The first kappa shape index (κ1) is 20.6. The molecule has 0 aliphatic carbocycles. The number of ketones is 1. The van der Waals surface area contributed by atoms with Crippen LogP contribution in [-0.2, 0) is 9.53 Å². The van der Waals surface area contributed by atoms with Gasteiger partial charge in [0.25, 0.3) is 5.91 Å². The van der Waals surface area contributed by atoms with Crippen LogP contribution in [-0.4, -0.2) is 43.1 Å². The molecule has 1 aliphatic heterocycles. The van der Waals surface area contributed by atoms with Gasteiger partial charge in [-0.3, -0.25) is 19.7 Å². The van der Waals surface area contributed by atoms with Crippen LogP contribution in [0, 0.1) is 10.1 Å². The Balaban J connectivity index is 1.75. The number of nitro benzene ring substituents is 1. The molecule has 1 N–H and O–H groups in total. The fourth-order valence-electron chi connectivity index (χ4n) is 2.69. The number of carbonyl (C=O) groups is 3. The zero-order valence-corrected chi connectivity index (χ0v) is 15.9. The highest BCUT2D eigenvalue weighted by atomic mass is 16.7. The summed E-state index contributed by atoms with van der Waals surface area (Å²) in [5.41, 5.74) is -0.137. The number of methoxy groups -OCH3 is 1. The molecule has 30 heavy (non-hydrogen) atoms. The Morgan fingerprint density at radius 1 is 1.17 bits per heavy atom. The van der Waals surface area contributed by atoms with Crippen LogP contribution in [0.25, 0.3) is 0 Å². The standard InChI is InChI=1S/C19H16N2O9/c1-10(22)12-6-16-17(30-9-29-16)7-13(12)20-18(23)8-28-15-4-3-11(19(24)27-2)5-14(15)21(25)26/h3-7H,8-9H2,1-2H3,(H,20,23). The van der Waals surface area contributed by atoms with Crippen molar-refractivity contribution in [2.75, 3.05) is 25.8 Å². The van der Waals surface area contributed by atoms with Crippen molar-refractivity contribution < 1.29 is 38.3 Å². The number of anilines is 1. The van der Waals surface area contributed by atoms with E-state index in [1.54, 1.807) is 0 Å². The highest BCUT2D eigenvalue weighted by Gasteiger charge is 2.22. The first-order valence-corrected chi connectivity index (χ1v) is 8.54. The average Bonchev–Trinajstić information content (AvgIpc) is 3.18. The quantitative estimate of drug-likeness (QED) is 0.311. The van der Waals surface area contributed by atoms with E-state index in [1.807, 2.05) is 0 Å². The van der Waals surface area contributed by atoms with E-state index in [0.29, 0.717) is 11.5 Å². The third-order valence-corrected chi connectivity index (χ3v) is 4.10. The molecule has 11 heteroatoms. The summed E-state index contributed by atoms with van der Waals surface area (Å²) in [5, 5.41) is 13.8. The minimum atomic E-state index is -0.748. The average molecular weight is 416 g/mol. The highest BCUT2D eigenvalue weighted by Crippen LogP contribution is 2.37. The smallest absolute Gasteiger partial charge is 0.338 e. The van der Waals surface area contributed by atoms with Crippen LogP contribution in [0.2, 0.25) is 0 Å². The van der Waals surface area contributed by atoms with Crippen molar-refractivity contribution in [1.82, 2.24) is 0 Å². The van der Waals surface area contributed by atoms with Gasteiger partial charge < -0.3 is 24.3 Å². The first-order valence-electron chi connectivity index (χ1n) is 8.54. The van der Waals surface area contributed by atoms with E-state index in [0.717, 1.165) is 13.2 Å². The van der Waals surface area contributed by atoms with Crippen LogP contribution < -0.4 is 19.5 Å². The molecule has 1 amide bonds. The number of nitro groups is 1. The van der Waals surface area contributed by atoms with E-state index in [4.69, 9.17) is 14.2 Å². The van der Waals surface area contributed by atoms with E-state index >= 15 is 0 Å². The topological polar surface area (TPSA) is 143 Å². The number of nitrogens with zero attached hydrogens (tertiary/aromatic N) is 1. The molecule has 11 nitrogen and oxygen atoms in total. The number of fused-ring (bicyclic) bond motifs is 1. The fourth-order valence-corrected chi connectivity index (χ4v) is 2.69. The lowest BCUT2D eigenvalue weighted by Gasteiger charge is -2.11. The summed E-state index contributed by atoms with van der Waals surface area (Å²) in [5.74, 6) is -1.18. The van der Waals surface area contributed by atoms with E-state index in [9.17, 15) is 24.5 Å². The van der Waals surface area contributed by atoms with Gasteiger partial charge in [0, 0.05) is 17.7 Å². The lowest BCUT2D eigenvalue weighted by atomic mass is 10.1. The number of benzene rings is 2. The second-order valence-corrected chi connectivity index (χ2v) is 6.08. The summed E-state index contributed by atoms with van der Waals surface area (Å²) in [4.78, 5) is 46.2. The molecule has 0 unspecified atom stereocenters. The fraction of sp³-hybridized carbons (Fsp3) is 0.211. The van der Waals surface area contributed by atoms with Gasteiger partial charge in [-0.1, -0.05) is 0 Å². The van der Waals surface area contributed by atoms with Crippen LogP contribution >= 0.6 is 0 Å². The van der Waals surface area contributed by atoms with Crippen molar-refractivity contribution in [1.29, 1.82) is 0 Å². The van der Waals surface area contributed by atoms with Crippen LogP contribution in [0.15, 0.2) is 30.3 Å². The van der Waals surface area contributed by atoms with Crippen LogP contribution in [0.3, 0.4) is 0 Å². The molecule has 0 bridgehead atoms. The maximum Gasteiger partial charge on any atom is 0.338 e. The molecule has 1 heterocycles. The van der Waals surface area contributed by atoms with Gasteiger partial charge in [0.2, 0.25) is 6.79 Å². The second-order valence-electron chi connectivity index (χ2n) is 6.08. The third-order valence-electron chi connectivity index (χ3n) is 4.10. The molecule has 0 saturated carbocycles. The molecule has 2 aromatic carbocycles. The molecule has 1 aliphatic rings. The Hall–Kier alpha value is -4.15. The van der Waals surface area contributed by atoms with Crippen molar-refractivity contribution in [2.24, 2.45) is 0 Å². The monoisotopic (exact) mass is 416 g/mol. The van der Waals surface area contributed by atoms with Crippen LogP contribution in [0.4, 0.5) is 11.4 Å². The zero-order valence-electron chi connectivity index (χ0n) is 15.9. The summed E-state index contributed by atoms with van der Waals surface area (Å²) in [6.07, 6.45) is 0. The highest BCUT2D eigenvalue weighted by molar-refractivity contribution is 6.05. The SMILES string of the molecule is COC(=O)c1ccc(OCC(=O)Nc2cc3c(cc2C(C)=O)OCO3)c([N+](=O)[O-])c1. The predicted molar refractivity (Wildman–Crippen MR) is 101 cm³/mol. The molecular formula is C19H16N2O9. The van der Waals surface area contributed by atoms with Crippen molar-refractivity contribution in [3.05, 3.63) is 51.6 Å². The van der Waals surface area contributed by atoms with Gasteiger partial charge in [0.05, 0.1) is 23.3 Å². The van der Waals surface area contributed by atoms with E-state index in [1.165, 1.54) is 31.2 Å². The Bertz CT molecular complexity index is 1050. The van der Waals surface area contributed by atoms with Crippen molar-refractivity contribution >= 4 is 29.0 Å². The molecule has 0 radical (unpaired) electrons. The molecule has 0 aromatic heterocycles. The number of rotatable bonds is 7. The van der Waals surface area contributed by atoms with Gasteiger partial charge in [0.15, 0.2) is 29.6 Å². The van der Waals surface area contributed by atoms with Gasteiger partial charge in [-0.05, 0) is 25.1 Å². The number of Topliss-reactive ketones (excluding diaryl/α,β-unsaturated/α-hetero) is 1. The molecule has 2 aromatic rings. The third kappa shape index (κ3) is 4.29. The van der Waals surface area contributed by atoms with Crippen molar-refractivity contribution in [2.45, 2.75) is 6.92 Å².